The third-order valence-corrected chi connectivity index (χ3v) is 2.09. The molecule has 1 nitrogen and oxygen atoms in total. The van der Waals surface area contributed by atoms with Crippen LogP contribution < -0.4 is 0 Å². The molecule has 0 aliphatic carbocycles. The van der Waals surface area contributed by atoms with Crippen molar-refractivity contribution in [3.63, 3.8) is 0 Å². The Balaban J connectivity index is 2.94. The highest BCUT2D eigenvalue weighted by Crippen LogP contribution is 2.21. The first kappa shape index (κ1) is 6.71. The fourth-order valence-corrected chi connectivity index (χ4v) is 1.32. The van der Waals surface area contributed by atoms with Crippen molar-refractivity contribution in [3.8, 4) is 0 Å². The third kappa shape index (κ3) is 1.28. The summed E-state index contributed by atoms with van der Waals surface area (Å²) in [6.07, 6.45) is -0.676. The second-order valence-electron chi connectivity index (χ2n) is 1.81. The zero-order valence-corrected chi connectivity index (χ0v) is 5.78. The lowest BCUT2D eigenvalue weighted by Crippen LogP contribution is -1.88. The summed E-state index contributed by atoms with van der Waals surface area (Å²) < 4.78 is 12.5. The van der Waals surface area contributed by atoms with Crippen LogP contribution in [0.2, 0.25) is 0 Å². The SMILES string of the molecule is CC(O)c1sccc1F. The van der Waals surface area contributed by atoms with Crippen LogP contribution in [0.1, 0.15) is 17.9 Å². The minimum absolute atomic E-state index is 0.310. The van der Waals surface area contributed by atoms with Crippen molar-refractivity contribution in [2.24, 2.45) is 0 Å². The molecule has 0 aliphatic heterocycles. The highest BCUT2D eigenvalue weighted by atomic mass is 32.1. The van der Waals surface area contributed by atoms with Crippen LogP contribution in [0.5, 0.6) is 0 Å². The molecule has 1 rings (SSSR count). The quantitative estimate of drug-likeness (QED) is 0.642. The van der Waals surface area contributed by atoms with E-state index in [4.69, 9.17) is 5.11 Å². The summed E-state index contributed by atoms with van der Waals surface area (Å²) in [5.74, 6) is -0.310. The molecule has 0 saturated carbocycles. The Kier molecular flexibility index (Phi) is 1.83. The van der Waals surface area contributed by atoms with Crippen LogP contribution in [-0.4, -0.2) is 5.11 Å². The van der Waals surface area contributed by atoms with Crippen LogP contribution in [0, 0.1) is 5.82 Å². The molecule has 1 atom stereocenters. The minimum Gasteiger partial charge on any atom is -0.388 e. The molecule has 0 bridgehead atoms. The Bertz CT molecular complexity index is 195. The maximum atomic E-state index is 12.5. The maximum absolute atomic E-state index is 12.5. The molecule has 1 heterocycles. The van der Waals surface area contributed by atoms with Gasteiger partial charge in [0.25, 0.3) is 0 Å². The summed E-state index contributed by atoms with van der Waals surface area (Å²) in [4.78, 5) is 0.412. The smallest absolute Gasteiger partial charge is 0.139 e. The van der Waals surface area contributed by atoms with E-state index in [1.165, 1.54) is 17.4 Å². The number of halogens is 1. The van der Waals surface area contributed by atoms with E-state index in [9.17, 15) is 4.39 Å². The molecule has 3 heteroatoms. The van der Waals surface area contributed by atoms with Crippen LogP contribution >= 0.6 is 11.3 Å². The van der Waals surface area contributed by atoms with E-state index in [1.807, 2.05) is 0 Å². The molecule has 0 fully saturated rings. The first-order valence-electron chi connectivity index (χ1n) is 2.63. The summed E-state index contributed by atoms with van der Waals surface area (Å²) in [7, 11) is 0. The van der Waals surface area contributed by atoms with Gasteiger partial charge in [0.15, 0.2) is 0 Å². The van der Waals surface area contributed by atoms with E-state index in [-0.39, 0.29) is 5.82 Å². The fraction of sp³-hybridized carbons (Fsp3) is 0.333. The lowest BCUT2D eigenvalue weighted by atomic mass is 10.3. The standard InChI is InChI=1S/C6H7FOS/c1-4(8)6-5(7)2-3-9-6/h2-4,8H,1H3. The Morgan fingerprint density at radius 3 is 2.67 bits per heavy atom. The summed E-state index contributed by atoms with van der Waals surface area (Å²) in [6.45, 7) is 1.55. The molecular formula is C6H7FOS. The summed E-state index contributed by atoms with van der Waals surface area (Å²) in [5, 5.41) is 10.5. The number of thiophene rings is 1. The topological polar surface area (TPSA) is 20.2 Å². The summed E-state index contributed by atoms with van der Waals surface area (Å²) in [6, 6.07) is 1.35. The molecule has 0 radical (unpaired) electrons. The van der Waals surface area contributed by atoms with Gasteiger partial charge in [0.2, 0.25) is 0 Å². The molecule has 1 aromatic heterocycles. The van der Waals surface area contributed by atoms with Crippen LogP contribution in [0.25, 0.3) is 0 Å². The Morgan fingerprint density at radius 1 is 1.78 bits per heavy atom. The molecule has 0 amide bonds. The lowest BCUT2D eigenvalue weighted by molar-refractivity contribution is 0.198. The molecule has 0 spiro atoms. The monoisotopic (exact) mass is 146 g/mol. The van der Waals surface area contributed by atoms with Crippen molar-refractivity contribution in [1.82, 2.24) is 0 Å². The van der Waals surface area contributed by atoms with Gasteiger partial charge in [-0.05, 0) is 18.4 Å². The second kappa shape index (κ2) is 2.45. The average molecular weight is 146 g/mol. The van der Waals surface area contributed by atoms with E-state index < -0.39 is 6.10 Å². The number of aliphatic hydroxyl groups is 1. The van der Waals surface area contributed by atoms with Crippen molar-refractivity contribution >= 4 is 11.3 Å². The van der Waals surface area contributed by atoms with Crippen molar-refractivity contribution in [2.45, 2.75) is 13.0 Å². The second-order valence-corrected chi connectivity index (χ2v) is 2.76. The number of aliphatic hydroxyl groups excluding tert-OH is 1. The van der Waals surface area contributed by atoms with Gasteiger partial charge in [-0.1, -0.05) is 0 Å². The van der Waals surface area contributed by atoms with Gasteiger partial charge < -0.3 is 5.11 Å². The summed E-state index contributed by atoms with van der Waals surface area (Å²) >= 11 is 1.23. The van der Waals surface area contributed by atoms with Crippen molar-refractivity contribution in [1.29, 1.82) is 0 Å². The minimum atomic E-state index is -0.676. The molecular weight excluding hydrogens is 139 g/mol. The van der Waals surface area contributed by atoms with Crippen LogP contribution in [0.4, 0.5) is 4.39 Å². The fourth-order valence-electron chi connectivity index (χ4n) is 0.604. The molecule has 9 heavy (non-hydrogen) atoms. The molecule has 50 valence electrons. The molecule has 1 unspecified atom stereocenters. The molecule has 0 aliphatic rings. The van der Waals surface area contributed by atoms with Gasteiger partial charge in [-0.3, -0.25) is 0 Å². The van der Waals surface area contributed by atoms with Crippen LogP contribution in [0.3, 0.4) is 0 Å². The Morgan fingerprint density at radius 2 is 2.44 bits per heavy atom. The van der Waals surface area contributed by atoms with Gasteiger partial charge in [0, 0.05) is 0 Å². The molecule has 1 N–H and O–H groups in total. The van der Waals surface area contributed by atoms with E-state index in [0.717, 1.165) is 0 Å². The van der Waals surface area contributed by atoms with Crippen molar-refractivity contribution in [3.05, 3.63) is 22.1 Å². The van der Waals surface area contributed by atoms with Crippen molar-refractivity contribution in [2.75, 3.05) is 0 Å². The van der Waals surface area contributed by atoms with Crippen molar-refractivity contribution < 1.29 is 9.50 Å². The van der Waals surface area contributed by atoms with E-state index >= 15 is 0 Å². The predicted molar refractivity (Wildman–Crippen MR) is 34.9 cm³/mol. The molecule has 0 aromatic carbocycles. The zero-order valence-electron chi connectivity index (χ0n) is 4.97. The highest BCUT2D eigenvalue weighted by Gasteiger charge is 2.07. The van der Waals surface area contributed by atoms with E-state index in [2.05, 4.69) is 0 Å². The third-order valence-electron chi connectivity index (χ3n) is 1.02. The average Bonchev–Trinajstić information content (AvgIpc) is 2.13. The van der Waals surface area contributed by atoms with Gasteiger partial charge >= 0.3 is 0 Å². The molecule has 0 saturated heterocycles. The number of hydrogen-bond acceptors (Lipinski definition) is 2. The van der Waals surface area contributed by atoms with Gasteiger partial charge in [0.1, 0.15) is 5.82 Å². The predicted octanol–water partition coefficient (Wildman–Crippen LogP) is 1.94. The van der Waals surface area contributed by atoms with E-state index in [0.29, 0.717) is 4.88 Å². The van der Waals surface area contributed by atoms with Gasteiger partial charge in [0.05, 0.1) is 11.0 Å². The number of hydrogen-bond donors (Lipinski definition) is 1. The lowest BCUT2D eigenvalue weighted by Gasteiger charge is -1.97. The van der Waals surface area contributed by atoms with Gasteiger partial charge in [-0.2, -0.15) is 0 Å². The van der Waals surface area contributed by atoms with Gasteiger partial charge in [-0.25, -0.2) is 4.39 Å². The first-order chi connectivity index (χ1) is 4.22. The summed E-state index contributed by atoms with van der Waals surface area (Å²) in [5.41, 5.74) is 0. The largest absolute Gasteiger partial charge is 0.388 e. The normalized spacial score (nSPS) is 13.7. The van der Waals surface area contributed by atoms with E-state index in [1.54, 1.807) is 12.3 Å². The maximum Gasteiger partial charge on any atom is 0.139 e. The van der Waals surface area contributed by atoms with Crippen LogP contribution in [0.15, 0.2) is 11.4 Å². The molecule has 1 aromatic rings. The highest BCUT2D eigenvalue weighted by molar-refractivity contribution is 7.10. The zero-order chi connectivity index (χ0) is 6.85. The Hall–Kier alpha value is -0.410. The number of rotatable bonds is 1. The first-order valence-corrected chi connectivity index (χ1v) is 3.50. The van der Waals surface area contributed by atoms with Crippen LogP contribution in [-0.2, 0) is 0 Å². The Labute approximate surface area is 56.8 Å². The van der Waals surface area contributed by atoms with Gasteiger partial charge in [-0.15, -0.1) is 11.3 Å².